The molecule has 3 aliphatic rings. The highest BCUT2D eigenvalue weighted by Gasteiger charge is 2.35. The Morgan fingerprint density at radius 1 is 0.706 bits per heavy atom. The molecule has 0 bridgehead atoms. The highest BCUT2D eigenvalue weighted by atomic mass is 19.2. The second-order valence-electron chi connectivity index (χ2n) is 11.1. The third-order valence-corrected chi connectivity index (χ3v) is 8.67. The molecule has 34 heavy (non-hydrogen) atoms. The highest BCUT2D eigenvalue weighted by molar-refractivity contribution is 5.35. The Balaban J connectivity index is 1.13. The summed E-state index contributed by atoms with van der Waals surface area (Å²) in [4.78, 5) is 0. The smallest absolute Gasteiger partial charge is 0.204 e. The SMILES string of the molecule is CCCC1CCC2CC(COC3CCC(COc4ccc(OCC)c(F)c4F)CC3)CCC2C1. The second kappa shape index (κ2) is 12.6. The summed E-state index contributed by atoms with van der Waals surface area (Å²) in [5.74, 6) is 1.98. The van der Waals surface area contributed by atoms with Crippen molar-refractivity contribution in [2.24, 2.45) is 29.6 Å². The van der Waals surface area contributed by atoms with Crippen LogP contribution in [0.2, 0.25) is 0 Å². The number of ether oxygens (including phenoxy) is 3. The average molecular weight is 479 g/mol. The van der Waals surface area contributed by atoms with Crippen molar-refractivity contribution in [3.63, 3.8) is 0 Å². The maximum absolute atomic E-state index is 14.2. The van der Waals surface area contributed by atoms with Gasteiger partial charge in [-0.15, -0.1) is 0 Å². The topological polar surface area (TPSA) is 27.7 Å². The number of halogens is 2. The zero-order chi connectivity index (χ0) is 23.9. The number of hydrogen-bond acceptors (Lipinski definition) is 3. The molecule has 3 aliphatic carbocycles. The minimum Gasteiger partial charge on any atom is -0.491 e. The third-order valence-electron chi connectivity index (χ3n) is 8.67. The molecule has 4 atom stereocenters. The molecule has 1 aromatic rings. The van der Waals surface area contributed by atoms with Gasteiger partial charge >= 0.3 is 0 Å². The van der Waals surface area contributed by atoms with Crippen molar-refractivity contribution in [2.75, 3.05) is 19.8 Å². The zero-order valence-corrected chi connectivity index (χ0v) is 21.2. The summed E-state index contributed by atoms with van der Waals surface area (Å²) < 4.78 is 45.4. The van der Waals surface area contributed by atoms with E-state index < -0.39 is 11.6 Å². The standard InChI is InChI=1S/C29H44F2O3/c1-3-5-20-6-10-24-17-22(7-11-23(24)16-20)19-33-25-12-8-21(9-13-25)18-34-27-15-14-26(32-4-2)28(30)29(27)31/h14-15,20-25H,3-13,16-19H2,1-2H3. The summed E-state index contributed by atoms with van der Waals surface area (Å²) >= 11 is 0. The van der Waals surface area contributed by atoms with Gasteiger partial charge in [-0.1, -0.05) is 26.2 Å². The van der Waals surface area contributed by atoms with Crippen LogP contribution in [-0.2, 0) is 4.74 Å². The first-order chi connectivity index (χ1) is 16.6. The van der Waals surface area contributed by atoms with Gasteiger partial charge in [0.2, 0.25) is 11.6 Å². The molecule has 4 unspecified atom stereocenters. The summed E-state index contributed by atoms with van der Waals surface area (Å²) in [7, 11) is 0. The zero-order valence-electron chi connectivity index (χ0n) is 21.2. The van der Waals surface area contributed by atoms with Crippen molar-refractivity contribution < 1.29 is 23.0 Å². The van der Waals surface area contributed by atoms with Crippen LogP contribution in [-0.4, -0.2) is 25.9 Å². The van der Waals surface area contributed by atoms with E-state index in [4.69, 9.17) is 14.2 Å². The number of fused-ring (bicyclic) bond motifs is 1. The second-order valence-corrected chi connectivity index (χ2v) is 11.1. The van der Waals surface area contributed by atoms with Crippen molar-refractivity contribution >= 4 is 0 Å². The largest absolute Gasteiger partial charge is 0.491 e. The summed E-state index contributed by atoms with van der Waals surface area (Å²) in [6, 6.07) is 2.90. The molecule has 0 saturated heterocycles. The van der Waals surface area contributed by atoms with Crippen LogP contribution in [0, 0.1) is 41.2 Å². The maximum atomic E-state index is 14.2. The lowest BCUT2D eigenvalue weighted by Gasteiger charge is -2.42. The monoisotopic (exact) mass is 478 g/mol. The Morgan fingerprint density at radius 3 is 1.94 bits per heavy atom. The van der Waals surface area contributed by atoms with Gasteiger partial charge in [0.1, 0.15) is 0 Å². The van der Waals surface area contributed by atoms with Crippen molar-refractivity contribution in [2.45, 2.75) is 97.0 Å². The van der Waals surface area contributed by atoms with Gasteiger partial charge in [-0.05, 0) is 106 Å². The van der Waals surface area contributed by atoms with Crippen LogP contribution in [0.4, 0.5) is 8.78 Å². The molecule has 3 nitrogen and oxygen atoms in total. The van der Waals surface area contributed by atoms with Gasteiger partial charge in [0, 0.05) is 6.61 Å². The van der Waals surface area contributed by atoms with Crippen LogP contribution < -0.4 is 9.47 Å². The molecule has 4 rings (SSSR count). The van der Waals surface area contributed by atoms with E-state index in [1.807, 2.05) is 0 Å². The first kappa shape index (κ1) is 25.7. The first-order valence-corrected chi connectivity index (χ1v) is 13.9. The fourth-order valence-corrected chi connectivity index (χ4v) is 6.74. The molecule has 192 valence electrons. The van der Waals surface area contributed by atoms with E-state index in [2.05, 4.69) is 6.92 Å². The molecular formula is C29H44F2O3. The normalized spacial score (nSPS) is 31.6. The summed E-state index contributed by atoms with van der Waals surface area (Å²) in [6.07, 6.45) is 15.7. The van der Waals surface area contributed by atoms with E-state index in [0.717, 1.165) is 56.0 Å². The van der Waals surface area contributed by atoms with Gasteiger partial charge in [0.05, 0.1) is 19.3 Å². The van der Waals surface area contributed by atoms with Gasteiger partial charge in [-0.2, -0.15) is 8.78 Å². The fraction of sp³-hybridized carbons (Fsp3) is 0.793. The summed E-state index contributed by atoms with van der Waals surface area (Å²) in [5.41, 5.74) is 0. The lowest BCUT2D eigenvalue weighted by molar-refractivity contribution is -0.0247. The molecule has 1 aromatic carbocycles. The third kappa shape index (κ3) is 6.65. The van der Waals surface area contributed by atoms with Gasteiger partial charge in [-0.25, -0.2) is 0 Å². The molecule has 3 saturated carbocycles. The predicted octanol–water partition coefficient (Wildman–Crippen LogP) is 7.95. The number of rotatable bonds is 10. The Kier molecular flexibility index (Phi) is 9.50. The Hall–Kier alpha value is -1.36. The van der Waals surface area contributed by atoms with Crippen LogP contribution in [0.3, 0.4) is 0 Å². The average Bonchev–Trinajstić information content (AvgIpc) is 2.86. The van der Waals surface area contributed by atoms with E-state index in [1.54, 1.807) is 6.92 Å². The molecule has 0 spiro atoms. The van der Waals surface area contributed by atoms with Crippen molar-refractivity contribution in [3.05, 3.63) is 23.8 Å². The molecule has 0 N–H and O–H groups in total. The van der Waals surface area contributed by atoms with Gasteiger partial charge in [0.25, 0.3) is 0 Å². The molecular weight excluding hydrogens is 434 g/mol. The summed E-state index contributed by atoms with van der Waals surface area (Å²) in [5, 5.41) is 0. The molecule has 0 aliphatic heterocycles. The highest BCUT2D eigenvalue weighted by Crippen LogP contribution is 2.46. The minimum atomic E-state index is -0.973. The van der Waals surface area contributed by atoms with Crippen molar-refractivity contribution in [3.8, 4) is 11.5 Å². The van der Waals surface area contributed by atoms with Gasteiger partial charge < -0.3 is 14.2 Å². The van der Waals surface area contributed by atoms with Crippen LogP contribution in [0.1, 0.15) is 90.9 Å². The first-order valence-electron chi connectivity index (χ1n) is 13.9. The molecule has 0 heterocycles. The quantitative estimate of drug-likeness (QED) is 0.341. The Bertz CT molecular complexity index is 762. The molecule has 3 fully saturated rings. The van der Waals surface area contributed by atoms with Gasteiger partial charge in [-0.3, -0.25) is 0 Å². The molecule has 0 aromatic heterocycles. The van der Waals surface area contributed by atoms with Crippen LogP contribution in [0.5, 0.6) is 11.5 Å². The summed E-state index contributed by atoms with van der Waals surface area (Å²) in [6.45, 7) is 5.70. The molecule has 0 radical (unpaired) electrons. The van der Waals surface area contributed by atoms with E-state index in [0.29, 0.717) is 25.2 Å². The molecule has 0 amide bonds. The van der Waals surface area contributed by atoms with Crippen LogP contribution >= 0.6 is 0 Å². The fourth-order valence-electron chi connectivity index (χ4n) is 6.74. The lowest BCUT2D eigenvalue weighted by Crippen LogP contribution is -2.33. The van der Waals surface area contributed by atoms with Gasteiger partial charge in [0.15, 0.2) is 11.5 Å². The predicted molar refractivity (Wildman–Crippen MR) is 131 cm³/mol. The Morgan fingerprint density at radius 2 is 1.29 bits per heavy atom. The van der Waals surface area contributed by atoms with E-state index in [9.17, 15) is 8.78 Å². The number of hydrogen-bond donors (Lipinski definition) is 0. The van der Waals surface area contributed by atoms with Crippen LogP contribution in [0.25, 0.3) is 0 Å². The molecule has 5 heteroatoms. The Labute approximate surface area is 204 Å². The van der Waals surface area contributed by atoms with E-state index in [1.165, 1.54) is 63.5 Å². The van der Waals surface area contributed by atoms with E-state index >= 15 is 0 Å². The number of benzene rings is 1. The minimum absolute atomic E-state index is 0.0290. The van der Waals surface area contributed by atoms with Crippen molar-refractivity contribution in [1.82, 2.24) is 0 Å². The van der Waals surface area contributed by atoms with E-state index in [-0.39, 0.29) is 11.5 Å². The lowest BCUT2D eigenvalue weighted by atomic mass is 9.64. The van der Waals surface area contributed by atoms with Crippen molar-refractivity contribution in [1.29, 1.82) is 0 Å². The van der Waals surface area contributed by atoms with Crippen LogP contribution in [0.15, 0.2) is 12.1 Å². The maximum Gasteiger partial charge on any atom is 0.204 e.